The average Bonchev–Trinajstić information content (AvgIpc) is 1.62. The van der Waals surface area contributed by atoms with Crippen molar-refractivity contribution < 1.29 is 17.7 Å². The molecule has 0 rings (SSSR count). The maximum atomic E-state index is 11.4. The SMILES string of the molecule is CC(C)[P](=O)C(F)(F)F. The number of alkyl halides is 3. The Kier molecular flexibility index (Phi) is 2.62. The molecule has 0 aliphatic heterocycles. The van der Waals surface area contributed by atoms with Crippen molar-refractivity contribution in [1.29, 1.82) is 0 Å². The first-order chi connectivity index (χ1) is 3.85. The van der Waals surface area contributed by atoms with Crippen molar-refractivity contribution in [2.45, 2.75) is 25.4 Å². The van der Waals surface area contributed by atoms with Crippen LogP contribution in [0.15, 0.2) is 0 Å². The van der Waals surface area contributed by atoms with Crippen LogP contribution in [-0.4, -0.2) is 11.6 Å². The first-order valence-corrected chi connectivity index (χ1v) is 3.71. The van der Waals surface area contributed by atoms with E-state index in [2.05, 4.69) is 0 Å². The Labute approximate surface area is 52.0 Å². The fourth-order valence-corrected chi connectivity index (χ4v) is 0.878. The number of rotatable bonds is 1. The van der Waals surface area contributed by atoms with Gasteiger partial charge in [-0.25, -0.2) is 0 Å². The van der Waals surface area contributed by atoms with Crippen molar-refractivity contribution in [2.24, 2.45) is 0 Å². The highest BCUT2D eigenvalue weighted by molar-refractivity contribution is 7.46. The summed E-state index contributed by atoms with van der Waals surface area (Å²) in [6.45, 7) is 2.57. The van der Waals surface area contributed by atoms with Gasteiger partial charge in [-0.15, -0.1) is 0 Å². The summed E-state index contributed by atoms with van der Waals surface area (Å²) in [7, 11) is -3.03. The molecular formula is C4H7F3OP. The Morgan fingerprint density at radius 3 is 1.67 bits per heavy atom. The van der Waals surface area contributed by atoms with E-state index >= 15 is 0 Å². The Morgan fingerprint density at radius 2 is 1.67 bits per heavy atom. The van der Waals surface area contributed by atoms with E-state index in [-0.39, 0.29) is 0 Å². The predicted octanol–water partition coefficient (Wildman–Crippen LogP) is 2.74. The summed E-state index contributed by atoms with van der Waals surface area (Å²) in [5.41, 5.74) is -0.806. The molecule has 0 saturated carbocycles. The van der Waals surface area contributed by atoms with Crippen LogP contribution in [0.5, 0.6) is 0 Å². The quantitative estimate of drug-likeness (QED) is 0.537. The molecule has 1 nitrogen and oxygen atoms in total. The molecule has 0 aliphatic rings. The molecule has 1 radical (unpaired) electrons. The summed E-state index contributed by atoms with van der Waals surface area (Å²) in [6.07, 6.45) is 0. The van der Waals surface area contributed by atoms with Crippen molar-refractivity contribution in [2.75, 3.05) is 0 Å². The zero-order chi connectivity index (χ0) is 7.65. The molecule has 5 heteroatoms. The van der Waals surface area contributed by atoms with Crippen LogP contribution < -0.4 is 0 Å². The van der Waals surface area contributed by atoms with Gasteiger partial charge in [0.2, 0.25) is 0 Å². The second-order valence-electron chi connectivity index (χ2n) is 1.89. The lowest BCUT2D eigenvalue weighted by Crippen LogP contribution is -2.05. The van der Waals surface area contributed by atoms with Crippen LogP contribution >= 0.6 is 7.80 Å². The Bertz CT molecular complexity index is 117. The lowest BCUT2D eigenvalue weighted by Gasteiger charge is -2.06. The van der Waals surface area contributed by atoms with E-state index in [1.54, 1.807) is 0 Å². The summed E-state index contributed by atoms with van der Waals surface area (Å²) < 4.78 is 44.4. The average molecular weight is 159 g/mol. The van der Waals surface area contributed by atoms with Gasteiger partial charge in [0.1, 0.15) is 0 Å². The van der Waals surface area contributed by atoms with Crippen LogP contribution in [0.4, 0.5) is 13.2 Å². The van der Waals surface area contributed by atoms with Gasteiger partial charge in [-0.05, 0) is 0 Å². The lowest BCUT2D eigenvalue weighted by molar-refractivity contribution is -0.0432. The monoisotopic (exact) mass is 159 g/mol. The van der Waals surface area contributed by atoms with Crippen LogP contribution in [0.3, 0.4) is 0 Å². The minimum absolute atomic E-state index is 0.806. The highest BCUT2D eigenvalue weighted by atomic mass is 31.1. The summed E-state index contributed by atoms with van der Waals surface area (Å²) in [5.74, 6) is -4.51. The van der Waals surface area contributed by atoms with Crippen molar-refractivity contribution in [3.8, 4) is 0 Å². The van der Waals surface area contributed by atoms with Gasteiger partial charge >= 0.3 is 5.92 Å². The summed E-state index contributed by atoms with van der Waals surface area (Å²) in [5, 5.41) is 0. The van der Waals surface area contributed by atoms with Crippen LogP contribution in [0, 0.1) is 0 Å². The molecule has 0 bridgehead atoms. The Balaban J connectivity index is 4.06. The molecule has 0 aromatic rings. The summed E-state index contributed by atoms with van der Waals surface area (Å²) in [4.78, 5) is 0. The maximum absolute atomic E-state index is 11.4. The highest BCUT2D eigenvalue weighted by Gasteiger charge is 2.38. The standard InChI is InChI=1S/C4H7F3OP/c1-3(2)9(8)4(5,6)7/h3H,1-2H3. The molecule has 1 unspecified atom stereocenters. The van der Waals surface area contributed by atoms with Gasteiger partial charge in [-0.1, -0.05) is 13.8 Å². The zero-order valence-corrected chi connectivity index (χ0v) is 5.96. The largest absolute Gasteiger partial charge is 0.461 e. The van der Waals surface area contributed by atoms with Crippen LogP contribution in [0.2, 0.25) is 0 Å². The second-order valence-corrected chi connectivity index (χ2v) is 4.08. The van der Waals surface area contributed by atoms with Crippen LogP contribution in [-0.2, 0) is 4.57 Å². The molecule has 0 heterocycles. The van der Waals surface area contributed by atoms with Gasteiger partial charge in [0, 0.05) is 5.66 Å². The molecule has 0 aromatic heterocycles. The number of hydrogen-bond donors (Lipinski definition) is 0. The highest BCUT2D eigenvalue weighted by Crippen LogP contribution is 2.46. The fraction of sp³-hybridized carbons (Fsp3) is 1.00. The molecule has 0 fully saturated rings. The number of halogens is 3. The zero-order valence-electron chi connectivity index (χ0n) is 5.07. The van der Waals surface area contributed by atoms with Gasteiger partial charge in [0.15, 0.2) is 7.80 Å². The van der Waals surface area contributed by atoms with E-state index in [9.17, 15) is 17.7 Å². The van der Waals surface area contributed by atoms with Crippen molar-refractivity contribution >= 4 is 7.80 Å². The third-order valence-electron chi connectivity index (χ3n) is 0.719. The van der Waals surface area contributed by atoms with Crippen LogP contribution in [0.1, 0.15) is 13.8 Å². The van der Waals surface area contributed by atoms with E-state index in [0.29, 0.717) is 0 Å². The molecule has 0 amide bonds. The molecule has 0 aromatic carbocycles. The van der Waals surface area contributed by atoms with Crippen molar-refractivity contribution in [3.63, 3.8) is 0 Å². The van der Waals surface area contributed by atoms with E-state index in [1.807, 2.05) is 0 Å². The molecule has 0 aliphatic carbocycles. The third kappa shape index (κ3) is 2.80. The first-order valence-electron chi connectivity index (χ1n) is 2.39. The van der Waals surface area contributed by atoms with Gasteiger partial charge in [0.05, 0.1) is 0 Å². The van der Waals surface area contributed by atoms with E-state index in [0.717, 1.165) is 0 Å². The van der Waals surface area contributed by atoms with E-state index < -0.39 is 19.4 Å². The smallest absolute Gasteiger partial charge is 0.277 e. The minimum Gasteiger partial charge on any atom is -0.277 e. The molecular weight excluding hydrogens is 152 g/mol. The maximum Gasteiger partial charge on any atom is 0.461 e. The van der Waals surface area contributed by atoms with Crippen molar-refractivity contribution in [3.05, 3.63) is 0 Å². The Morgan fingerprint density at radius 1 is 1.33 bits per heavy atom. The summed E-state index contributed by atoms with van der Waals surface area (Å²) in [6, 6.07) is 0. The first kappa shape index (κ1) is 8.89. The van der Waals surface area contributed by atoms with Gasteiger partial charge < -0.3 is 0 Å². The normalized spacial score (nSPS) is 14.2. The van der Waals surface area contributed by atoms with Gasteiger partial charge in [-0.2, -0.15) is 13.2 Å². The lowest BCUT2D eigenvalue weighted by atomic mass is 10.6. The molecule has 9 heavy (non-hydrogen) atoms. The van der Waals surface area contributed by atoms with Gasteiger partial charge in [-0.3, -0.25) is 4.57 Å². The fourth-order valence-electron chi connectivity index (χ4n) is 0.293. The van der Waals surface area contributed by atoms with E-state index in [1.165, 1.54) is 13.8 Å². The van der Waals surface area contributed by atoms with E-state index in [4.69, 9.17) is 0 Å². The van der Waals surface area contributed by atoms with Crippen molar-refractivity contribution in [1.82, 2.24) is 0 Å². The summed E-state index contributed by atoms with van der Waals surface area (Å²) >= 11 is 0. The van der Waals surface area contributed by atoms with Crippen LogP contribution in [0.25, 0.3) is 0 Å². The molecule has 0 saturated heterocycles. The molecule has 0 N–H and O–H groups in total. The minimum atomic E-state index is -4.51. The molecule has 1 atom stereocenters. The third-order valence-corrected chi connectivity index (χ3v) is 2.16. The second kappa shape index (κ2) is 2.65. The Hall–Kier alpha value is -0.110. The molecule has 55 valence electrons. The predicted molar refractivity (Wildman–Crippen MR) is 28.8 cm³/mol. The number of hydrogen-bond acceptors (Lipinski definition) is 1. The van der Waals surface area contributed by atoms with Gasteiger partial charge in [0.25, 0.3) is 0 Å². The topological polar surface area (TPSA) is 17.1 Å². The molecule has 0 spiro atoms.